The molecular formula is C7H10F3NO6S. The van der Waals surface area contributed by atoms with Crippen LogP contribution in [-0.4, -0.2) is 42.1 Å². The van der Waals surface area contributed by atoms with E-state index >= 15 is 0 Å². The van der Waals surface area contributed by atoms with E-state index in [4.69, 9.17) is 10.2 Å². The SMILES string of the molecule is O=C(O)CCC[C@@H](NS(=O)(=O)C(F)(F)F)C(=O)O. The molecule has 0 bridgehead atoms. The fourth-order valence-corrected chi connectivity index (χ4v) is 1.67. The van der Waals surface area contributed by atoms with Gasteiger partial charge in [0.05, 0.1) is 0 Å². The van der Waals surface area contributed by atoms with Crippen LogP contribution in [0.15, 0.2) is 0 Å². The minimum atomic E-state index is -5.77. The van der Waals surface area contributed by atoms with Gasteiger partial charge in [0.2, 0.25) is 0 Å². The summed E-state index contributed by atoms with van der Waals surface area (Å²) in [5, 5.41) is 16.8. The van der Waals surface area contributed by atoms with Gasteiger partial charge in [0.15, 0.2) is 0 Å². The Balaban J connectivity index is 4.65. The molecule has 0 radical (unpaired) electrons. The Labute approximate surface area is 99.6 Å². The average molecular weight is 293 g/mol. The molecule has 0 aromatic carbocycles. The molecule has 106 valence electrons. The Morgan fingerprint density at radius 2 is 1.72 bits per heavy atom. The van der Waals surface area contributed by atoms with Crippen molar-refractivity contribution < 1.29 is 41.4 Å². The van der Waals surface area contributed by atoms with Gasteiger partial charge in [-0.1, -0.05) is 0 Å². The second-order valence-electron chi connectivity index (χ2n) is 3.24. The van der Waals surface area contributed by atoms with Crippen molar-refractivity contribution in [2.24, 2.45) is 0 Å². The summed E-state index contributed by atoms with van der Waals surface area (Å²) in [5.74, 6) is -3.08. The zero-order chi connectivity index (χ0) is 14.6. The van der Waals surface area contributed by atoms with Crippen LogP contribution in [0.3, 0.4) is 0 Å². The lowest BCUT2D eigenvalue weighted by Crippen LogP contribution is -2.46. The number of carboxylic acids is 2. The summed E-state index contributed by atoms with van der Waals surface area (Å²) in [4.78, 5) is 20.7. The number of carboxylic acid groups (broad SMARTS) is 2. The molecule has 0 saturated heterocycles. The zero-order valence-corrected chi connectivity index (χ0v) is 9.58. The first-order chi connectivity index (χ1) is 7.97. The lowest BCUT2D eigenvalue weighted by molar-refractivity contribution is -0.140. The van der Waals surface area contributed by atoms with Gasteiger partial charge in [0.25, 0.3) is 0 Å². The number of aliphatic carboxylic acids is 2. The summed E-state index contributed by atoms with van der Waals surface area (Å²) in [6, 6.07) is -2.02. The van der Waals surface area contributed by atoms with Crippen molar-refractivity contribution in [1.82, 2.24) is 4.72 Å². The van der Waals surface area contributed by atoms with E-state index in [2.05, 4.69) is 0 Å². The minimum absolute atomic E-state index is 0.271. The molecule has 0 aliphatic rings. The van der Waals surface area contributed by atoms with E-state index in [0.717, 1.165) is 4.72 Å². The van der Waals surface area contributed by atoms with Crippen LogP contribution >= 0.6 is 0 Å². The third-order valence-corrected chi connectivity index (χ3v) is 2.99. The van der Waals surface area contributed by atoms with Crippen molar-refractivity contribution >= 4 is 22.0 Å². The lowest BCUT2D eigenvalue weighted by atomic mass is 10.1. The number of carbonyl (C=O) groups is 2. The van der Waals surface area contributed by atoms with Crippen LogP contribution in [-0.2, 0) is 19.6 Å². The molecule has 18 heavy (non-hydrogen) atoms. The molecule has 3 N–H and O–H groups in total. The highest BCUT2D eigenvalue weighted by molar-refractivity contribution is 7.90. The molecule has 0 aromatic heterocycles. The lowest BCUT2D eigenvalue weighted by Gasteiger charge is -2.15. The zero-order valence-electron chi connectivity index (χ0n) is 8.77. The van der Waals surface area contributed by atoms with Crippen molar-refractivity contribution in [3.8, 4) is 0 Å². The highest BCUT2D eigenvalue weighted by Crippen LogP contribution is 2.22. The van der Waals surface area contributed by atoms with E-state index in [1.54, 1.807) is 0 Å². The molecule has 0 amide bonds. The van der Waals surface area contributed by atoms with Crippen LogP contribution in [0, 0.1) is 0 Å². The van der Waals surface area contributed by atoms with Crippen molar-refractivity contribution in [1.29, 1.82) is 0 Å². The Bertz CT molecular complexity index is 417. The molecule has 0 spiro atoms. The largest absolute Gasteiger partial charge is 0.511 e. The van der Waals surface area contributed by atoms with Gasteiger partial charge in [-0.25, -0.2) is 8.42 Å². The maximum atomic E-state index is 12.0. The van der Waals surface area contributed by atoms with Gasteiger partial charge in [-0.2, -0.15) is 17.9 Å². The van der Waals surface area contributed by atoms with Crippen LogP contribution in [0.5, 0.6) is 0 Å². The van der Waals surface area contributed by atoms with E-state index in [0.29, 0.717) is 0 Å². The first-order valence-corrected chi connectivity index (χ1v) is 5.99. The summed E-state index contributed by atoms with van der Waals surface area (Å²) in [6.07, 6.45) is -1.30. The Morgan fingerprint density at radius 3 is 2.06 bits per heavy atom. The quantitative estimate of drug-likeness (QED) is 0.613. The van der Waals surface area contributed by atoms with Gasteiger partial charge in [-0.15, -0.1) is 0 Å². The molecule has 7 nitrogen and oxygen atoms in total. The molecule has 0 rings (SSSR count). The molecule has 11 heteroatoms. The summed E-state index contributed by atoms with van der Waals surface area (Å²) < 4.78 is 58.2. The summed E-state index contributed by atoms with van der Waals surface area (Å²) >= 11 is 0. The van der Waals surface area contributed by atoms with Crippen molar-refractivity contribution in [2.75, 3.05) is 0 Å². The molecule has 0 aliphatic heterocycles. The van der Waals surface area contributed by atoms with Gasteiger partial charge in [-0.3, -0.25) is 9.59 Å². The number of hydrogen-bond donors (Lipinski definition) is 3. The highest BCUT2D eigenvalue weighted by Gasteiger charge is 2.47. The van der Waals surface area contributed by atoms with Gasteiger partial charge < -0.3 is 10.2 Å². The minimum Gasteiger partial charge on any atom is -0.481 e. The molecule has 0 unspecified atom stereocenters. The number of halogens is 3. The maximum Gasteiger partial charge on any atom is 0.511 e. The molecule has 0 heterocycles. The van der Waals surface area contributed by atoms with E-state index < -0.39 is 46.4 Å². The molecular weight excluding hydrogens is 283 g/mol. The van der Waals surface area contributed by atoms with Gasteiger partial charge in [0.1, 0.15) is 6.04 Å². The summed E-state index contributed by atoms with van der Waals surface area (Å²) in [6.45, 7) is 0. The standard InChI is InChI=1S/C7H10F3NO6S/c8-7(9,10)18(16,17)11-4(6(14)15)2-1-3-5(12)13/h4,11H,1-3H2,(H,12,13)(H,14,15)/t4-/m1/s1. The van der Waals surface area contributed by atoms with Gasteiger partial charge >= 0.3 is 27.5 Å². The predicted molar refractivity (Wildman–Crippen MR) is 51.0 cm³/mol. The van der Waals surface area contributed by atoms with Crippen LogP contribution < -0.4 is 4.72 Å². The number of sulfonamides is 1. The molecule has 0 aromatic rings. The van der Waals surface area contributed by atoms with E-state index in [1.165, 1.54) is 0 Å². The van der Waals surface area contributed by atoms with E-state index in [9.17, 15) is 31.2 Å². The summed E-state index contributed by atoms with van der Waals surface area (Å²) in [5.41, 5.74) is -5.62. The number of nitrogens with one attached hydrogen (secondary N) is 1. The number of alkyl halides is 3. The normalized spacial score (nSPS) is 14.2. The fourth-order valence-electron chi connectivity index (χ4n) is 0.944. The second kappa shape index (κ2) is 6.00. The smallest absolute Gasteiger partial charge is 0.481 e. The van der Waals surface area contributed by atoms with Crippen molar-refractivity contribution in [3.05, 3.63) is 0 Å². The maximum absolute atomic E-state index is 12.0. The van der Waals surface area contributed by atoms with Gasteiger partial charge in [-0.05, 0) is 12.8 Å². The molecule has 0 fully saturated rings. The Kier molecular flexibility index (Phi) is 5.55. The summed E-state index contributed by atoms with van der Waals surface area (Å²) in [7, 11) is -5.77. The molecule has 0 saturated carbocycles. The van der Waals surface area contributed by atoms with Crippen LogP contribution in [0.4, 0.5) is 13.2 Å². The topological polar surface area (TPSA) is 121 Å². The predicted octanol–water partition coefficient (Wildman–Crippen LogP) is 0.134. The van der Waals surface area contributed by atoms with Crippen LogP contribution in [0.1, 0.15) is 19.3 Å². The van der Waals surface area contributed by atoms with Crippen molar-refractivity contribution in [3.63, 3.8) is 0 Å². The Morgan fingerprint density at radius 1 is 1.22 bits per heavy atom. The highest BCUT2D eigenvalue weighted by atomic mass is 32.2. The first kappa shape index (κ1) is 16.6. The monoisotopic (exact) mass is 293 g/mol. The third-order valence-electron chi connectivity index (χ3n) is 1.78. The Hall–Kier alpha value is -1.36. The van der Waals surface area contributed by atoms with Crippen LogP contribution in [0.25, 0.3) is 0 Å². The number of rotatable bonds is 7. The van der Waals surface area contributed by atoms with E-state index in [-0.39, 0.29) is 6.42 Å². The fraction of sp³-hybridized carbons (Fsp3) is 0.714. The second-order valence-corrected chi connectivity index (χ2v) is 4.95. The average Bonchev–Trinajstić information content (AvgIpc) is 2.13. The van der Waals surface area contributed by atoms with E-state index in [1.807, 2.05) is 0 Å². The third kappa shape index (κ3) is 5.31. The van der Waals surface area contributed by atoms with Crippen LogP contribution in [0.2, 0.25) is 0 Å². The number of hydrogen-bond acceptors (Lipinski definition) is 4. The van der Waals surface area contributed by atoms with Gasteiger partial charge in [0, 0.05) is 6.42 Å². The first-order valence-electron chi connectivity index (χ1n) is 4.50. The molecule has 0 aliphatic carbocycles. The van der Waals surface area contributed by atoms with Crippen molar-refractivity contribution in [2.45, 2.75) is 30.8 Å². The molecule has 1 atom stereocenters.